The first-order valence-corrected chi connectivity index (χ1v) is 14.4. The largest absolute Gasteiger partial charge is 0.505 e. The third kappa shape index (κ3) is 3.29. The van der Waals surface area contributed by atoms with Gasteiger partial charge in [0.2, 0.25) is 0 Å². The van der Waals surface area contributed by atoms with Gasteiger partial charge in [-0.15, -0.1) is 0 Å². The standard InChI is InChI=1S/C31H50O4/c1-19(2)20-10-15-31(18-35-26(33)34)17-16-29(6)21(25(20)31)8-9-23-28(5)13-12-24(32)27(3,4)22(28)11-14-30(23,29)7/h20-25,32H,1,8-18H2,2-7H3,(H,33,34)/t20-,21?,22?,23?,24-,25?,28-,29+,30+,31?/m0/s1. The van der Waals surface area contributed by atoms with Crippen molar-refractivity contribution in [2.24, 2.45) is 56.7 Å². The zero-order chi connectivity index (χ0) is 25.6. The Kier molecular flexibility index (Phi) is 5.84. The molecule has 0 aromatic heterocycles. The summed E-state index contributed by atoms with van der Waals surface area (Å²) in [4.78, 5) is 11.4. The van der Waals surface area contributed by atoms with Crippen molar-refractivity contribution in [3.63, 3.8) is 0 Å². The van der Waals surface area contributed by atoms with E-state index in [1.807, 2.05) is 0 Å². The predicted octanol–water partition coefficient (Wildman–Crippen LogP) is 7.70. The molecule has 0 heterocycles. The van der Waals surface area contributed by atoms with E-state index in [-0.39, 0.29) is 33.2 Å². The Bertz CT molecular complexity index is 894. The van der Waals surface area contributed by atoms with E-state index in [4.69, 9.17) is 4.74 Å². The molecule has 198 valence electrons. The van der Waals surface area contributed by atoms with Gasteiger partial charge in [0.1, 0.15) is 6.61 Å². The molecule has 0 bridgehead atoms. The van der Waals surface area contributed by atoms with E-state index in [1.54, 1.807) is 0 Å². The molecule has 0 radical (unpaired) electrons. The van der Waals surface area contributed by atoms with Gasteiger partial charge in [-0.2, -0.15) is 0 Å². The second kappa shape index (κ2) is 7.98. The molecular formula is C31H50O4. The molecule has 0 saturated heterocycles. The molecule has 10 atom stereocenters. The van der Waals surface area contributed by atoms with Crippen molar-refractivity contribution in [1.29, 1.82) is 0 Å². The molecule has 4 nitrogen and oxygen atoms in total. The summed E-state index contributed by atoms with van der Waals surface area (Å²) in [5, 5.41) is 20.3. The lowest BCUT2D eigenvalue weighted by atomic mass is 9.32. The maximum absolute atomic E-state index is 11.4. The fourth-order valence-electron chi connectivity index (χ4n) is 11.7. The molecule has 0 aliphatic heterocycles. The van der Waals surface area contributed by atoms with Crippen LogP contribution in [0.15, 0.2) is 12.2 Å². The Labute approximate surface area is 213 Å². The maximum Gasteiger partial charge on any atom is 0.505 e. The molecular weight excluding hydrogens is 436 g/mol. The second-order valence-electron chi connectivity index (χ2n) is 15.0. The number of rotatable bonds is 3. The minimum absolute atomic E-state index is 0.0154. The molecule has 5 rings (SSSR count). The van der Waals surface area contributed by atoms with E-state index in [2.05, 4.69) is 48.1 Å². The molecule has 5 aliphatic rings. The van der Waals surface area contributed by atoms with Gasteiger partial charge in [-0.05, 0) is 122 Å². The fraction of sp³-hybridized carbons (Fsp3) is 0.903. The smallest absolute Gasteiger partial charge is 0.450 e. The van der Waals surface area contributed by atoms with E-state index in [1.165, 1.54) is 37.7 Å². The highest BCUT2D eigenvalue weighted by molar-refractivity contribution is 5.56. The zero-order valence-electron chi connectivity index (χ0n) is 23.2. The topological polar surface area (TPSA) is 66.8 Å². The summed E-state index contributed by atoms with van der Waals surface area (Å²) >= 11 is 0. The first kappa shape index (κ1) is 25.6. The Hall–Kier alpha value is -1.03. The van der Waals surface area contributed by atoms with Crippen LogP contribution in [0.2, 0.25) is 0 Å². The van der Waals surface area contributed by atoms with Gasteiger partial charge < -0.3 is 14.9 Å². The van der Waals surface area contributed by atoms with Gasteiger partial charge in [0.25, 0.3) is 0 Å². The van der Waals surface area contributed by atoms with E-state index in [0.29, 0.717) is 36.2 Å². The SMILES string of the molecule is C=C(C)[C@@H]1CCC2(COC(=O)O)CC[C@]3(C)C(CCC4[C@@]5(C)CC[C@H](O)C(C)(C)C5CC[C@]43C)C12. The van der Waals surface area contributed by atoms with Gasteiger partial charge in [-0.1, -0.05) is 46.8 Å². The van der Waals surface area contributed by atoms with Gasteiger partial charge in [-0.3, -0.25) is 0 Å². The quantitative estimate of drug-likeness (QED) is 0.317. The normalized spacial score (nSPS) is 52.4. The van der Waals surface area contributed by atoms with Crippen LogP contribution in [-0.4, -0.2) is 29.1 Å². The highest BCUT2D eigenvalue weighted by atomic mass is 16.7. The van der Waals surface area contributed by atoms with Crippen LogP contribution in [0, 0.1) is 56.7 Å². The summed E-state index contributed by atoms with van der Waals surface area (Å²) in [6.07, 6.45) is 10.2. The molecule has 5 fully saturated rings. The highest BCUT2D eigenvalue weighted by Crippen LogP contribution is 2.77. The second-order valence-corrected chi connectivity index (χ2v) is 15.0. The number of aliphatic hydroxyl groups excluding tert-OH is 1. The molecule has 5 unspecified atom stereocenters. The molecule has 0 aromatic carbocycles. The first-order valence-electron chi connectivity index (χ1n) is 14.4. The number of fused-ring (bicyclic) bond motifs is 7. The maximum atomic E-state index is 11.4. The number of carboxylic acid groups (broad SMARTS) is 1. The number of aliphatic hydroxyl groups is 1. The lowest BCUT2D eigenvalue weighted by molar-refractivity contribution is -0.249. The minimum atomic E-state index is -1.13. The lowest BCUT2D eigenvalue weighted by Gasteiger charge is -2.73. The number of allylic oxidation sites excluding steroid dienone is 1. The zero-order valence-corrected chi connectivity index (χ0v) is 23.2. The summed E-state index contributed by atoms with van der Waals surface area (Å²) in [5.41, 5.74) is 2.06. The molecule has 2 N–H and O–H groups in total. The van der Waals surface area contributed by atoms with Gasteiger partial charge in [0.05, 0.1) is 6.10 Å². The third-order valence-corrected chi connectivity index (χ3v) is 13.7. The monoisotopic (exact) mass is 486 g/mol. The third-order valence-electron chi connectivity index (χ3n) is 13.7. The lowest BCUT2D eigenvalue weighted by Crippen LogP contribution is -2.66. The van der Waals surface area contributed by atoms with Crippen LogP contribution >= 0.6 is 0 Å². The molecule has 0 aromatic rings. The average molecular weight is 487 g/mol. The molecule has 0 spiro atoms. The summed E-state index contributed by atoms with van der Waals surface area (Å²) in [5.74, 6) is 2.83. The molecule has 35 heavy (non-hydrogen) atoms. The van der Waals surface area contributed by atoms with Crippen LogP contribution < -0.4 is 0 Å². The minimum Gasteiger partial charge on any atom is -0.450 e. The van der Waals surface area contributed by atoms with E-state index >= 15 is 0 Å². The molecule has 4 heteroatoms. The van der Waals surface area contributed by atoms with Crippen molar-refractivity contribution in [3.8, 4) is 0 Å². The van der Waals surface area contributed by atoms with Crippen LogP contribution in [0.4, 0.5) is 4.79 Å². The number of ether oxygens (including phenoxy) is 1. The number of hydrogen-bond donors (Lipinski definition) is 2. The fourth-order valence-corrected chi connectivity index (χ4v) is 11.7. The first-order chi connectivity index (χ1) is 16.2. The van der Waals surface area contributed by atoms with Gasteiger partial charge >= 0.3 is 6.16 Å². The Morgan fingerprint density at radius 3 is 2.26 bits per heavy atom. The summed E-state index contributed by atoms with van der Waals surface area (Å²) in [6.45, 7) is 19.4. The predicted molar refractivity (Wildman–Crippen MR) is 139 cm³/mol. The van der Waals surface area contributed by atoms with Crippen molar-refractivity contribution in [2.75, 3.05) is 6.61 Å². The molecule has 0 amide bonds. The summed E-state index contributed by atoms with van der Waals surface area (Å²) in [6, 6.07) is 0. The molecule has 5 saturated carbocycles. The molecule has 5 aliphatic carbocycles. The van der Waals surface area contributed by atoms with E-state index in [9.17, 15) is 15.0 Å². The summed E-state index contributed by atoms with van der Waals surface area (Å²) < 4.78 is 5.34. The highest BCUT2D eigenvalue weighted by Gasteiger charge is 2.70. The van der Waals surface area contributed by atoms with Gasteiger partial charge in [-0.25, -0.2) is 4.79 Å². The Morgan fingerprint density at radius 1 is 0.886 bits per heavy atom. The van der Waals surface area contributed by atoms with Crippen molar-refractivity contribution >= 4 is 6.16 Å². The van der Waals surface area contributed by atoms with Gasteiger partial charge in [0.15, 0.2) is 0 Å². The summed E-state index contributed by atoms with van der Waals surface area (Å²) in [7, 11) is 0. The Balaban J connectivity index is 1.53. The van der Waals surface area contributed by atoms with Crippen LogP contribution in [0.3, 0.4) is 0 Å². The van der Waals surface area contributed by atoms with Crippen molar-refractivity contribution in [1.82, 2.24) is 0 Å². The van der Waals surface area contributed by atoms with Crippen LogP contribution in [0.5, 0.6) is 0 Å². The van der Waals surface area contributed by atoms with Crippen LogP contribution in [0.1, 0.15) is 106 Å². The van der Waals surface area contributed by atoms with Crippen LogP contribution in [-0.2, 0) is 4.74 Å². The average Bonchev–Trinajstić information content (AvgIpc) is 3.16. The van der Waals surface area contributed by atoms with E-state index < -0.39 is 6.16 Å². The Morgan fingerprint density at radius 2 is 1.60 bits per heavy atom. The number of carbonyl (C=O) groups is 1. The van der Waals surface area contributed by atoms with Crippen molar-refractivity contribution in [3.05, 3.63) is 12.2 Å². The van der Waals surface area contributed by atoms with Crippen LogP contribution in [0.25, 0.3) is 0 Å². The number of hydrogen-bond acceptors (Lipinski definition) is 3. The van der Waals surface area contributed by atoms with Crippen molar-refractivity contribution in [2.45, 2.75) is 112 Å². The van der Waals surface area contributed by atoms with Crippen molar-refractivity contribution < 1.29 is 19.7 Å². The van der Waals surface area contributed by atoms with Gasteiger partial charge in [0, 0.05) is 5.41 Å². The van der Waals surface area contributed by atoms with E-state index in [0.717, 1.165) is 32.1 Å².